The molecule has 2 unspecified atom stereocenters. The molecule has 8 heteroatoms. The van der Waals surface area contributed by atoms with Crippen LogP contribution in [0.5, 0.6) is 5.88 Å². The average Bonchev–Trinajstić information content (AvgIpc) is 2.52. The van der Waals surface area contributed by atoms with Crippen LogP contribution in [-0.4, -0.2) is 59.5 Å². The first-order valence-electron chi connectivity index (χ1n) is 7.51. The maximum Gasteiger partial charge on any atom is 0.410 e. The minimum absolute atomic E-state index is 0.306. The van der Waals surface area contributed by atoms with Crippen LogP contribution in [0.2, 0.25) is 0 Å². The van der Waals surface area contributed by atoms with Crippen LogP contribution < -0.4 is 10.5 Å². The Bertz CT molecular complexity index is 547. The number of amides is 1. The Morgan fingerprint density at radius 3 is 2.78 bits per heavy atom. The van der Waals surface area contributed by atoms with E-state index in [-0.39, 0.29) is 0 Å². The number of carbonyl (C=O) groups excluding carboxylic acids is 1. The first-order valence-corrected chi connectivity index (χ1v) is 7.51. The molecule has 1 aliphatic rings. The van der Waals surface area contributed by atoms with Gasteiger partial charge in [0.25, 0.3) is 0 Å². The number of hydrogen-bond donors (Lipinski definition) is 1. The van der Waals surface area contributed by atoms with Crippen molar-refractivity contribution >= 4 is 6.09 Å². The van der Waals surface area contributed by atoms with Crippen LogP contribution in [0.25, 0.3) is 0 Å². The SMILES string of the molecule is COc1nccnc1C(N)C1COCCN1C(=O)OC(C)(C)C. The van der Waals surface area contributed by atoms with Gasteiger partial charge >= 0.3 is 6.09 Å². The van der Waals surface area contributed by atoms with Gasteiger partial charge in [0.1, 0.15) is 11.3 Å². The maximum absolute atomic E-state index is 12.4. The zero-order valence-electron chi connectivity index (χ0n) is 14.0. The van der Waals surface area contributed by atoms with Crippen LogP contribution >= 0.6 is 0 Å². The molecule has 1 fully saturated rings. The summed E-state index contributed by atoms with van der Waals surface area (Å²) in [6.07, 6.45) is 2.65. The summed E-state index contributed by atoms with van der Waals surface area (Å²) in [5.74, 6) is 0.342. The van der Waals surface area contributed by atoms with E-state index in [0.29, 0.717) is 31.3 Å². The summed E-state index contributed by atoms with van der Waals surface area (Å²) in [6.45, 7) is 6.64. The van der Waals surface area contributed by atoms with E-state index in [1.54, 1.807) is 11.1 Å². The number of nitrogens with zero attached hydrogens (tertiary/aromatic N) is 3. The summed E-state index contributed by atoms with van der Waals surface area (Å²) in [5.41, 5.74) is 6.24. The molecule has 0 radical (unpaired) electrons. The highest BCUT2D eigenvalue weighted by Crippen LogP contribution is 2.26. The lowest BCUT2D eigenvalue weighted by Crippen LogP contribution is -2.54. The molecule has 0 saturated carbocycles. The third-order valence-corrected chi connectivity index (χ3v) is 3.41. The van der Waals surface area contributed by atoms with Crippen LogP contribution in [-0.2, 0) is 9.47 Å². The van der Waals surface area contributed by atoms with Gasteiger partial charge in [0, 0.05) is 18.9 Å². The Hall–Kier alpha value is -1.93. The largest absolute Gasteiger partial charge is 0.480 e. The van der Waals surface area contributed by atoms with Crippen molar-refractivity contribution in [3.63, 3.8) is 0 Å². The summed E-state index contributed by atoms with van der Waals surface area (Å²) < 4.78 is 16.2. The van der Waals surface area contributed by atoms with Crippen molar-refractivity contribution in [2.24, 2.45) is 5.73 Å². The van der Waals surface area contributed by atoms with Crippen molar-refractivity contribution in [1.29, 1.82) is 0 Å². The second-order valence-corrected chi connectivity index (χ2v) is 6.29. The lowest BCUT2D eigenvalue weighted by atomic mass is 10.0. The molecule has 23 heavy (non-hydrogen) atoms. The van der Waals surface area contributed by atoms with Crippen LogP contribution in [0.3, 0.4) is 0 Å². The molecule has 1 aliphatic heterocycles. The number of methoxy groups -OCH3 is 1. The molecule has 1 aromatic rings. The first-order chi connectivity index (χ1) is 10.8. The fourth-order valence-corrected chi connectivity index (χ4v) is 2.37. The fraction of sp³-hybridized carbons (Fsp3) is 0.667. The molecule has 2 heterocycles. The van der Waals surface area contributed by atoms with Gasteiger partial charge in [-0.15, -0.1) is 0 Å². The van der Waals surface area contributed by atoms with Crippen LogP contribution in [0.15, 0.2) is 12.4 Å². The Morgan fingerprint density at radius 2 is 2.13 bits per heavy atom. The van der Waals surface area contributed by atoms with E-state index in [1.165, 1.54) is 13.3 Å². The van der Waals surface area contributed by atoms with Crippen LogP contribution in [0, 0.1) is 0 Å². The molecule has 0 aromatic carbocycles. The molecule has 0 spiro atoms. The van der Waals surface area contributed by atoms with Gasteiger partial charge in [0.2, 0.25) is 5.88 Å². The van der Waals surface area contributed by atoms with Crippen molar-refractivity contribution in [3.05, 3.63) is 18.1 Å². The number of aromatic nitrogens is 2. The second-order valence-electron chi connectivity index (χ2n) is 6.29. The zero-order chi connectivity index (χ0) is 17.0. The molecule has 1 aromatic heterocycles. The number of nitrogens with two attached hydrogens (primary N) is 1. The average molecular weight is 324 g/mol. The minimum atomic E-state index is -0.591. The van der Waals surface area contributed by atoms with Crippen molar-refractivity contribution in [1.82, 2.24) is 14.9 Å². The van der Waals surface area contributed by atoms with Gasteiger partial charge < -0.3 is 19.9 Å². The Kier molecular flexibility index (Phi) is 5.38. The normalized spacial score (nSPS) is 20.0. The van der Waals surface area contributed by atoms with Crippen molar-refractivity contribution in [3.8, 4) is 5.88 Å². The molecule has 2 N–H and O–H groups in total. The van der Waals surface area contributed by atoms with Gasteiger partial charge in [-0.25, -0.2) is 9.78 Å². The van der Waals surface area contributed by atoms with E-state index in [9.17, 15) is 4.79 Å². The third-order valence-electron chi connectivity index (χ3n) is 3.41. The number of morpholine rings is 1. The van der Waals surface area contributed by atoms with Crippen molar-refractivity contribution in [2.45, 2.75) is 38.5 Å². The van der Waals surface area contributed by atoms with Gasteiger partial charge in [-0.1, -0.05) is 0 Å². The van der Waals surface area contributed by atoms with E-state index < -0.39 is 23.8 Å². The lowest BCUT2D eigenvalue weighted by Gasteiger charge is -2.39. The van der Waals surface area contributed by atoms with E-state index in [2.05, 4.69) is 9.97 Å². The van der Waals surface area contributed by atoms with Crippen molar-refractivity contribution in [2.75, 3.05) is 26.9 Å². The number of rotatable bonds is 3. The maximum atomic E-state index is 12.4. The summed E-state index contributed by atoms with van der Waals surface area (Å²) in [5, 5.41) is 0. The Labute approximate surface area is 135 Å². The standard InChI is InChI=1S/C15H24N4O4/c1-15(2,3)23-14(20)19-7-8-22-9-10(19)11(16)12-13(21-4)18-6-5-17-12/h5-6,10-11H,7-9,16H2,1-4H3. The van der Waals surface area contributed by atoms with Gasteiger partial charge in [0.05, 0.1) is 32.4 Å². The van der Waals surface area contributed by atoms with Crippen molar-refractivity contribution < 1.29 is 19.0 Å². The smallest absolute Gasteiger partial charge is 0.410 e. The van der Waals surface area contributed by atoms with Crippen LogP contribution in [0.1, 0.15) is 32.5 Å². The molecular weight excluding hydrogens is 300 g/mol. The Balaban J connectivity index is 2.22. The molecule has 1 amide bonds. The van der Waals surface area contributed by atoms with Gasteiger partial charge in [-0.3, -0.25) is 9.88 Å². The number of ether oxygens (including phenoxy) is 3. The molecule has 2 atom stereocenters. The number of hydrogen-bond acceptors (Lipinski definition) is 7. The highest BCUT2D eigenvalue weighted by molar-refractivity contribution is 5.69. The van der Waals surface area contributed by atoms with E-state index in [4.69, 9.17) is 19.9 Å². The van der Waals surface area contributed by atoms with Gasteiger partial charge in [-0.2, -0.15) is 0 Å². The molecular formula is C15H24N4O4. The first kappa shape index (κ1) is 17.4. The van der Waals surface area contributed by atoms with E-state index >= 15 is 0 Å². The fourth-order valence-electron chi connectivity index (χ4n) is 2.37. The molecule has 8 nitrogen and oxygen atoms in total. The van der Waals surface area contributed by atoms with Crippen LogP contribution in [0.4, 0.5) is 4.79 Å². The Morgan fingerprint density at radius 1 is 1.43 bits per heavy atom. The summed E-state index contributed by atoms with van der Waals surface area (Å²) >= 11 is 0. The van der Waals surface area contributed by atoms with Gasteiger partial charge in [-0.05, 0) is 20.8 Å². The summed E-state index contributed by atoms with van der Waals surface area (Å²) in [7, 11) is 1.50. The monoisotopic (exact) mass is 324 g/mol. The zero-order valence-corrected chi connectivity index (χ0v) is 14.0. The van der Waals surface area contributed by atoms with Gasteiger partial charge in [0.15, 0.2) is 0 Å². The third kappa shape index (κ3) is 4.29. The predicted octanol–water partition coefficient (Wildman–Crippen LogP) is 1.12. The number of carbonyl (C=O) groups is 1. The predicted molar refractivity (Wildman–Crippen MR) is 83.1 cm³/mol. The molecule has 0 aliphatic carbocycles. The molecule has 1 saturated heterocycles. The molecule has 0 bridgehead atoms. The molecule has 2 rings (SSSR count). The highest BCUT2D eigenvalue weighted by Gasteiger charge is 2.37. The second kappa shape index (κ2) is 7.10. The van der Waals surface area contributed by atoms with E-state index in [1.807, 2.05) is 20.8 Å². The summed E-state index contributed by atoms with van der Waals surface area (Å²) in [4.78, 5) is 22.4. The lowest BCUT2D eigenvalue weighted by molar-refractivity contribution is -0.0386. The molecule has 128 valence electrons. The summed E-state index contributed by atoms with van der Waals surface area (Å²) in [6, 6.07) is -0.990. The highest BCUT2D eigenvalue weighted by atomic mass is 16.6. The quantitative estimate of drug-likeness (QED) is 0.889. The van der Waals surface area contributed by atoms with E-state index in [0.717, 1.165) is 0 Å². The minimum Gasteiger partial charge on any atom is -0.480 e. The topological polar surface area (TPSA) is 99.8 Å².